The van der Waals surface area contributed by atoms with Crippen LogP contribution in [-0.4, -0.2) is 14.9 Å². The van der Waals surface area contributed by atoms with Gasteiger partial charge >= 0.3 is 0 Å². The van der Waals surface area contributed by atoms with E-state index in [1.807, 2.05) is 62.4 Å². The smallest absolute Gasteiger partial charge is 0.271 e. The highest BCUT2D eigenvalue weighted by molar-refractivity contribution is 5.84. The average molecular weight is 385 g/mol. The summed E-state index contributed by atoms with van der Waals surface area (Å²) in [4.78, 5) is 20.0. The maximum Gasteiger partial charge on any atom is 0.271 e. The minimum atomic E-state index is -0.437. The van der Waals surface area contributed by atoms with Crippen molar-refractivity contribution in [1.82, 2.24) is 9.97 Å². The number of benzene rings is 3. The summed E-state index contributed by atoms with van der Waals surface area (Å²) in [6, 6.07) is 20.3. The van der Waals surface area contributed by atoms with Gasteiger partial charge in [-0.2, -0.15) is 0 Å². The minimum absolute atomic E-state index is 0.0206. The van der Waals surface area contributed by atoms with Gasteiger partial charge in [-0.1, -0.05) is 24.3 Å². The fourth-order valence-electron chi connectivity index (χ4n) is 3.05. The van der Waals surface area contributed by atoms with Crippen molar-refractivity contribution in [2.75, 3.05) is 10.6 Å². The van der Waals surface area contributed by atoms with Crippen molar-refractivity contribution in [2.24, 2.45) is 0 Å². The van der Waals surface area contributed by atoms with Crippen LogP contribution in [0.15, 0.2) is 66.7 Å². The molecule has 7 heteroatoms. The second-order valence-electron chi connectivity index (χ2n) is 6.84. The lowest BCUT2D eigenvalue weighted by Gasteiger charge is -2.14. The molecule has 0 aliphatic heterocycles. The van der Waals surface area contributed by atoms with Crippen LogP contribution in [0, 0.1) is 24.0 Å². The fourth-order valence-corrected chi connectivity index (χ4v) is 3.05. The van der Waals surface area contributed by atoms with E-state index in [4.69, 9.17) is 0 Å². The van der Waals surface area contributed by atoms with Crippen molar-refractivity contribution in [2.45, 2.75) is 13.8 Å². The lowest BCUT2D eigenvalue weighted by Crippen LogP contribution is -2.04. The summed E-state index contributed by atoms with van der Waals surface area (Å²) in [6.45, 7) is 4.02. The average Bonchev–Trinajstić information content (AvgIpc) is 2.68. The largest absolute Gasteiger partial charge is 0.337 e. The zero-order valence-corrected chi connectivity index (χ0v) is 16.0. The Morgan fingerprint density at radius 1 is 0.759 bits per heavy atom. The van der Waals surface area contributed by atoms with E-state index in [-0.39, 0.29) is 5.69 Å². The van der Waals surface area contributed by atoms with Gasteiger partial charge in [-0.15, -0.1) is 0 Å². The Labute approximate surface area is 167 Å². The van der Waals surface area contributed by atoms with E-state index < -0.39 is 4.92 Å². The first kappa shape index (κ1) is 18.4. The van der Waals surface area contributed by atoms with Gasteiger partial charge in [-0.05, 0) is 55.3 Å². The molecule has 0 unspecified atom stereocenters. The Morgan fingerprint density at radius 3 is 1.83 bits per heavy atom. The standard InChI is InChI=1S/C22H19N5O2/c1-14-5-3-7-16(11-14)23-21-22(24-17-8-4-6-15(2)12-17)26-20-13-18(27(28)29)9-10-19(20)25-21/h3-13H,1-2H3,(H,23,25)(H,24,26). The van der Waals surface area contributed by atoms with Gasteiger partial charge in [0.1, 0.15) is 0 Å². The van der Waals surface area contributed by atoms with Gasteiger partial charge in [0, 0.05) is 23.5 Å². The van der Waals surface area contributed by atoms with E-state index in [2.05, 4.69) is 20.6 Å². The van der Waals surface area contributed by atoms with Gasteiger partial charge in [0.25, 0.3) is 5.69 Å². The summed E-state index contributed by atoms with van der Waals surface area (Å²) in [6.07, 6.45) is 0. The topological polar surface area (TPSA) is 93.0 Å². The molecule has 0 fully saturated rings. The predicted molar refractivity (Wildman–Crippen MR) is 115 cm³/mol. The van der Waals surface area contributed by atoms with E-state index >= 15 is 0 Å². The normalized spacial score (nSPS) is 10.7. The Kier molecular flexibility index (Phi) is 4.78. The number of hydrogen-bond acceptors (Lipinski definition) is 6. The molecule has 1 heterocycles. The van der Waals surface area contributed by atoms with Crippen LogP contribution in [0.4, 0.5) is 28.7 Å². The number of hydrogen-bond donors (Lipinski definition) is 2. The lowest BCUT2D eigenvalue weighted by molar-refractivity contribution is -0.384. The SMILES string of the molecule is Cc1cccc(Nc2nc3ccc([N+](=O)[O-])cc3nc2Nc2cccc(C)c2)c1. The van der Waals surface area contributed by atoms with Crippen molar-refractivity contribution in [3.8, 4) is 0 Å². The second kappa shape index (κ2) is 7.55. The van der Waals surface area contributed by atoms with Crippen LogP contribution in [0.2, 0.25) is 0 Å². The Morgan fingerprint density at radius 2 is 1.31 bits per heavy atom. The molecule has 29 heavy (non-hydrogen) atoms. The molecule has 7 nitrogen and oxygen atoms in total. The molecule has 0 saturated heterocycles. The molecule has 4 rings (SSSR count). The highest BCUT2D eigenvalue weighted by Gasteiger charge is 2.13. The number of anilines is 4. The summed E-state index contributed by atoms with van der Waals surface area (Å²) < 4.78 is 0. The molecule has 0 saturated carbocycles. The van der Waals surface area contributed by atoms with Crippen LogP contribution < -0.4 is 10.6 Å². The van der Waals surface area contributed by atoms with E-state index in [1.54, 1.807) is 6.07 Å². The van der Waals surface area contributed by atoms with Crippen LogP contribution in [0.1, 0.15) is 11.1 Å². The second-order valence-corrected chi connectivity index (χ2v) is 6.84. The zero-order chi connectivity index (χ0) is 20.4. The van der Waals surface area contributed by atoms with Gasteiger partial charge in [0.05, 0.1) is 16.0 Å². The molecular formula is C22H19N5O2. The number of nitrogens with one attached hydrogen (secondary N) is 2. The molecule has 4 aromatic rings. The molecule has 0 aliphatic rings. The van der Waals surface area contributed by atoms with Gasteiger partial charge in [0.15, 0.2) is 11.6 Å². The summed E-state index contributed by atoms with van der Waals surface area (Å²) >= 11 is 0. The van der Waals surface area contributed by atoms with Crippen LogP contribution in [0.5, 0.6) is 0 Å². The predicted octanol–water partition coefficient (Wildman–Crippen LogP) is 5.64. The molecule has 2 N–H and O–H groups in total. The molecule has 0 atom stereocenters. The van der Waals surface area contributed by atoms with Gasteiger partial charge in [-0.25, -0.2) is 9.97 Å². The Balaban J connectivity index is 1.81. The molecule has 0 spiro atoms. The maximum atomic E-state index is 11.1. The third-order valence-electron chi connectivity index (χ3n) is 4.42. The maximum absolute atomic E-state index is 11.1. The monoisotopic (exact) mass is 385 g/mol. The van der Waals surface area contributed by atoms with Crippen molar-refractivity contribution in [1.29, 1.82) is 0 Å². The number of rotatable bonds is 5. The summed E-state index contributed by atoms with van der Waals surface area (Å²) in [5.74, 6) is 1.03. The van der Waals surface area contributed by atoms with Crippen molar-refractivity contribution in [3.05, 3.63) is 88.0 Å². The number of nitro groups is 1. The van der Waals surface area contributed by atoms with Crippen LogP contribution >= 0.6 is 0 Å². The molecule has 3 aromatic carbocycles. The van der Waals surface area contributed by atoms with Gasteiger partial charge in [0.2, 0.25) is 0 Å². The molecule has 0 aliphatic carbocycles. The molecule has 0 bridgehead atoms. The van der Waals surface area contributed by atoms with Crippen molar-refractivity contribution < 1.29 is 4.92 Å². The fraction of sp³-hybridized carbons (Fsp3) is 0.0909. The third-order valence-corrected chi connectivity index (χ3v) is 4.42. The first-order chi connectivity index (χ1) is 14.0. The molecular weight excluding hydrogens is 366 g/mol. The number of aromatic nitrogens is 2. The van der Waals surface area contributed by atoms with Crippen LogP contribution in [0.3, 0.4) is 0 Å². The number of nitrogens with zero attached hydrogens (tertiary/aromatic N) is 3. The minimum Gasteiger partial charge on any atom is -0.337 e. The lowest BCUT2D eigenvalue weighted by atomic mass is 10.2. The van der Waals surface area contributed by atoms with Crippen LogP contribution in [-0.2, 0) is 0 Å². The zero-order valence-electron chi connectivity index (χ0n) is 16.0. The third kappa shape index (κ3) is 4.14. The van der Waals surface area contributed by atoms with Crippen LogP contribution in [0.25, 0.3) is 11.0 Å². The van der Waals surface area contributed by atoms with E-state index in [1.165, 1.54) is 12.1 Å². The molecule has 0 amide bonds. The Bertz CT molecular complexity index is 1220. The van der Waals surface area contributed by atoms with Gasteiger partial charge in [-0.3, -0.25) is 10.1 Å². The highest BCUT2D eigenvalue weighted by Crippen LogP contribution is 2.29. The molecule has 0 radical (unpaired) electrons. The number of aryl methyl sites for hydroxylation is 2. The number of fused-ring (bicyclic) bond motifs is 1. The first-order valence-electron chi connectivity index (χ1n) is 9.11. The summed E-state index contributed by atoms with van der Waals surface area (Å²) in [5, 5.41) is 17.7. The van der Waals surface area contributed by atoms with Crippen molar-refractivity contribution in [3.63, 3.8) is 0 Å². The quantitative estimate of drug-likeness (QED) is 0.341. The number of non-ortho nitro benzene ring substituents is 1. The highest BCUT2D eigenvalue weighted by atomic mass is 16.6. The number of nitro benzene ring substituents is 1. The van der Waals surface area contributed by atoms with E-state index in [0.717, 1.165) is 22.5 Å². The van der Waals surface area contributed by atoms with E-state index in [0.29, 0.717) is 22.7 Å². The van der Waals surface area contributed by atoms with Crippen molar-refractivity contribution >= 4 is 39.7 Å². The molecule has 144 valence electrons. The molecule has 1 aromatic heterocycles. The summed E-state index contributed by atoms with van der Waals surface area (Å²) in [5.41, 5.74) is 4.96. The Hall–Kier alpha value is -4.00. The summed E-state index contributed by atoms with van der Waals surface area (Å²) in [7, 11) is 0. The first-order valence-corrected chi connectivity index (χ1v) is 9.11. The van der Waals surface area contributed by atoms with Gasteiger partial charge < -0.3 is 10.6 Å². The van der Waals surface area contributed by atoms with E-state index in [9.17, 15) is 10.1 Å².